The second-order valence-corrected chi connectivity index (χ2v) is 8.35. The van der Waals surface area contributed by atoms with Crippen molar-refractivity contribution in [2.75, 3.05) is 19.6 Å². The molecule has 1 aromatic rings. The van der Waals surface area contributed by atoms with Crippen molar-refractivity contribution in [3.05, 3.63) is 35.4 Å². The summed E-state index contributed by atoms with van der Waals surface area (Å²) >= 11 is 0. The maximum Gasteiger partial charge on any atom is 0.279 e. The Morgan fingerprint density at radius 3 is 2.09 bits per heavy atom. The topological polar surface area (TPSA) is 75.4 Å². The highest BCUT2D eigenvalue weighted by Gasteiger charge is 2.23. The molecule has 0 bridgehead atoms. The molecule has 1 aliphatic rings. The summed E-state index contributed by atoms with van der Waals surface area (Å²) in [5, 5.41) is 0. The normalized spacial score (nSPS) is 18.8. The first-order valence-electron chi connectivity index (χ1n) is 8.50. The van der Waals surface area contributed by atoms with Crippen LogP contribution in [-0.2, 0) is 10.2 Å². The lowest BCUT2D eigenvalue weighted by atomic mass is 9.99. The van der Waals surface area contributed by atoms with Crippen LogP contribution in [0.1, 0.15) is 62.6 Å². The second kappa shape index (κ2) is 8.24. The molecule has 3 N–H and O–H groups in total. The molecule has 1 unspecified atom stereocenters. The molecule has 0 saturated carbocycles. The van der Waals surface area contributed by atoms with Crippen LogP contribution < -0.4 is 10.5 Å². The van der Waals surface area contributed by atoms with Crippen molar-refractivity contribution in [3.63, 3.8) is 0 Å². The highest BCUT2D eigenvalue weighted by molar-refractivity contribution is 7.87. The summed E-state index contributed by atoms with van der Waals surface area (Å²) in [5.41, 5.74) is 8.35. The summed E-state index contributed by atoms with van der Waals surface area (Å²) in [4.78, 5) is 0. The van der Waals surface area contributed by atoms with Crippen LogP contribution in [0.3, 0.4) is 0 Å². The molecule has 23 heavy (non-hydrogen) atoms. The molecule has 0 spiro atoms. The first-order chi connectivity index (χ1) is 10.9. The van der Waals surface area contributed by atoms with Crippen LogP contribution in [0, 0.1) is 0 Å². The van der Waals surface area contributed by atoms with Crippen molar-refractivity contribution in [1.82, 2.24) is 9.03 Å². The van der Waals surface area contributed by atoms with Gasteiger partial charge in [-0.15, -0.1) is 0 Å². The zero-order chi connectivity index (χ0) is 16.9. The molecule has 1 fully saturated rings. The number of benzene rings is 1. The lowest BCUT2D eigenvalue weighted by molar-refractivity contribution is 0.413. The van der Waals surface area contributed by atoms with E-state index in [2.05, 4.69) is 30.7 Å². The largest absolute Gasteiger partial charge is 0.323 e. The predicted molar refractivity (Wildman–Crippen MR) is 94.4 cm³/mol. The van der Waals surface area contributed by atoms with Gasteiger partial charge in [-0.3, -0.25) is 0 Å². The SMILES string of the molecule is CC(C)c1ccc(C(N)CNS(=O)(=O)N2CCCCCC2)cc1. The molecule has 0 radical (unpaired) electrons. The molecule has 2 rings (SSSR count). The van der Waals surface area contributed by atoms with Crippen molar-refractivity contribution in [2.24, 2.45) is 5.73 Å². The zero-order valence-electron chi connectivity index (χ0n) is 14.2. The quantitative estimate of drug-likeness (QED) is 0.836. The third-order valence-electron chi connectivity index (χ3n) is 4.42. The number of nitrogens with two attached hydrogens (primary N) is 1. The number of nitrogens with one attached hydrogen (secondary N) is 1. The maximum absolute atomic E-state index is 12.4. The average molecular weight is 340 g/mol. The molecule has 1 heterocycles. The third kappa shape index (κ3) is 5.28. The summed E-state index contributed by atoms with van der Waals surface area (Å²) in [6.45, 7) is 5.72. The van der Waals surface area contributed by atoms with E-state index in [1.165, 1.54) is 5.56 Å². The summed E-state index contributed by atoms with van der Waals surface area (Å²) in [5.74, 6) is 0.474. The van der Waals surface area contributed by atoms with Gasteiger partial charge in [-0.1, -0.05) is 51.0 Å². The van der Waals surface area contributed by atoms with Crippen molar-refractivity contribution in [2.45, 2.75) is 51.5 Å². The van der Waals surface area contributed by atoms with Crippen molar-refractivity contribution < 1.29 is 8.42 Å². The lowest BCUT2D eigenvalue weighted by Crippen LogP contribution is -2.43. The van der Waals surface area contributed by atoms with Crippen molar-refractivity contribution >= 4 is 10.2 Å². The van der Waals surface area contributed by atoms with Gasteiger partial charge in [0.25, 0.3) is 10.2 Å². The van der Waals surface area contributed by atoms with E-state index in [9.17, 15) is 8.42 Å². The smallest absolute Gasteiger partial charge is 0.279 e. The van der Waals surface area contributed by atoms with Gasteiger partial charge >= 0.3 is 0 Å². The molecule has 5 nitrogen and oxygen atoms in total. The minimum absolute atomic E-state index is 0.222. The van der Waals surface area contributed by atoms with Gasteiger partial charge in [0.2, 0.25) is 0 Å². The average Bonchev–Trinajstić information content (AvgIpc) is 2.82. The van der Waals surface area contributed by atoms with Crippen LogP contribution in [0.5, 0.6) is 0 Å². The van der Waals surface area contributed by atoms with Gasteiger partial charge in [-0.2, -0.15) is 12.7 Å². The summed E-state index contributed by atoms with van der Waals surface area (Å²) in [6, 6.07) is 7.75. The van der Waals surface area contributed by atoms with E-state index in [-0.39, 0.29) is 12.6 Å². The molecule has 1 aromatic carbocycles. The molecule has 1 atom stereocenters. The molecular formula is C17H29N3O2S. The second-order valence-electron chi connectivity index (χ2n) is 6.59. The van der Waals surface area contributed by atoms with Gasteiger partial charge in [-0.05, 0) is 29.9 Å². The van der Waals surface area contributed by atoms with E-state index in [0.29, 0.717) is 19.0 Å². The Hall–Kier alpha value is -0.950. The minimum Gasteiger partial charge on any atom is -0.323 e. The van der Waals surface area contributed by atoms with Crippen molar-refractivity contribution in [1.29, 1.82) is 0 Å². The highest BCUT2D eigenvalue weighted by Crippen LogP contribution is 2.18. The molecule has 1 aliphatic heterocycles. The van der Waals surface area contributed by atoms with Gasteiger partial charge in [0.05, 0.1) is 0 Å². The standard InChI is InChI=1S/C17H29N3O2S/c1-14(2)15-7-9-16(10-8-15)17(18)13-19-23(21,22)20-11-5-3-4-6-12-20/h7-10,14,17,19H,3-6,11-13,18H2,1-2H3. The first-order valence-corrected chi connectivity index (χ1v) is 9.94. The summed E-state index contributed by atoms with van der Waals surface area (Å²) in [7, 11) is -3.43. The van der Waals surface area contributed by atoms with Crippen LogP contribution in [0.25, 0.3) is 0 Å². The minimum atomic E-state index is -3.43. The predicted octanol–water partition coefficient (Wildman–Crippen LogP) is 2.52. The fraction of sp³-hybridized carbons (Fsp3) is 0.647. The Balaban J connectivity index is 1.93. The Morgan fingerprint density at radius 1 is 1.04 bits per heavy atom. The van der Waals surface area contributed by atoms with Crippen LogP contribution in [-0.4, -0.2) is 32.4 Å². The van der Waals surface area contributed by atoms with E-state index in [1.807, 2.05) is 12.1 Å². The Labute approximate surface area is 140 Å². The van der Waals surface area contributed by atoms with E-state index < -0.39 is 10.2 Å². The van der Waals surface area contributed by atoms with Crippen LogP contribution in [0.4, 0.5) is 0 Å². The lowest BCUT2D eigenvalue weighted by Gasteiger charge is -2.22. The fourth-order valence-corrected chi connectivity index (χ4v) is 4.13. The monoisotopic (exact) mass is 339 g/mol. The molecule has 0 aromatic heterocycles. The molecular weight excluding hydrogens is 310 g/mol. The number of hydrogen-bond donors (Lipinski definition) is 2. The first kappa shape index (κ1) is 18.4. The molecule has 130 valence electrons. The van der Waals surface area contributed by atoms with E-state index >= 15 is 0 Å². The molecule has 6 heteroatoms. The van der Waals surface area contributed by atoms with E-state index in [4.69, 9.17) is 5.73 Å². The van der Waals surface area contributed by atoms with Crippen LogP contribution in [0.2, 0.25) is 0 Å². The van der Waals surface area contributed by atoms with Gasteiger partial charge in [0.1, 0.15) is 0 Å². The third-order valence-corrected chi connectivity index (χ3v) is 6.00. The molecule has 0 aliphatic carbocycles. The van der Waals surface area contributed by atoms with Crippen molar-refractivity contribution in [3.8, 4) is 0 Å². The molecule has 0 amide bonds. The highest BCUT2D eigenvalue weighted by atomic mass is 32.2. The summed E-state index contributed by atoms with van der Waals surface area (Å²) < 4.78 is 29.0. The Morgan fingerprint density at radius 2 is 1.57 bits per heavy atom. The zero-order valence-corrected chi connectivity index (χ0v) is 15.0. The van der Waals surface area contributed by atoms with Gasteiger partial charge in [0, 0.05) is 25.7 Å². The van der Waals surface area contributed by atoms with Gasteiger partial charge in [-0.25, -0.2) is 4.72 Å². The number of rotatable bonds is 6. The van der Waals surface area contributed by atoms with Crippen LogP contribution >= 0.6 is 0 Å². The number of hydrogen-bond acceptors (Lipinski definition) is 3. The van der Waals surface area contributed by atoms with Crippen LogP contribution in [0.15, 0.2) is 24.3 Å². The van der Waals surface area contributed by atoms with E-state index in [1.54, 1.807) is 4.31 Å². The number of nitrogens with zero attached hydrogens (tertiary/aromatic N) is 1. The molecule has 1 saturated heterocycles. The van der Waals surface area contributed by atoms with E-state index in [0.717, 1.165) is 31.2 Å². The Kier molecular flexibility index (Phi) is 6.59. The van der Waals surface area contributed by atoms with Gasteiger partial charge < -0.3 is 5.73 Å². The van der Waals surface area contributed by atoms with Gasteiger partial charge in [0.15, 0.2) is 0 Å². The summed E-state index contributed by atoms with van der Waals surface area (Å²) in [6.07, 6.45) is 4.08. The Bertz CT molecular complexity index is 576. The fourth-order valence-electron chi connectivity index (χ4n) is 2.81. The maximum atomic E-state index is 12.4.